The van der Waals surface area contributed by atoms with Crippen LogP contribution in [0, 0.1) is 25.2 Å². The summed E-state index contributed by atoms with van der Waals surface area (Å²) in [6.45, 7) is 5.90. The average molecular weight is 374 g/mol. The standard InChI is InChI=1S/C23H22N2O3/c1-4-27-23(26)20-19(16-9-5-14(2)6-10-16)18(13-24)22(25)28-21(20)17-11-7-15(3)8-12-17/h5-12,19H,4,25H2,1-3H3/t19-/m0/s1. The van der Waals surface area contributed by atoms with E-state index >= 15 is 0 Å². The Kier molecular flexibility index (Phi) is 5.51. The van der Waals surface area contributed by atoms with Gasteiger partial charge >= 0.3 is 5.97 Å². The molecular weight excluding hydrogens is 352 g/mol. The number of ether oxygens (including phenoxy) is 2. The van der Waals surface area contributed by atoms with Gasteiger partial charge in [0.1, 0.15) is 17.4 Å². The minimum Gasteiger partial charge on any atom is -0.463 e. The molecule has 2 aromatic rings. The zero-order chi connectivity index (χ0) is 20.3. The third kappa shape index (κ3) is 3.63. The number of aryl methyl sites for hydroxylation is 2. The lowest BCUT2D eigenvalue weighted by Gasteiger charge is -2.28. The van der Waals surface area contributed by atoms with E-state index in [0.717, 1.165) is 16.7 Å². The molecule has 0 bridgehead atoms. The van der Waals surface area contributed by atoms with Crippen molar-refractivity contribution in [1.82, 2.24) is 0 Å². The van der Waals surface area contributed by atoms with Crippen LogP contribution in [-0.4, -0.2) is 12.6 Å². The molecular formula is C23H22N2O3. The first kappa shape index (κ1) is 19.2. The van der Waals surface area contributed by atoms with Gasteiger partial charge in [-0.2, -0.15) is 5.26 Å². The highest BCUT2D eigenvalue weighted by Crippen LogP contribution is 2.42. The molecule has 5 heteroatoms. The highest BCUT2D eigenvalue weighted by Gasteiger charge is 2.38. The Morgan fingerprint density at radius 3 is 2.21 bits per heavy atom. The molecule has 0 unspecified atom stereocenters. The lowest BCUT2D eigenvalue weighted by Crippen LogP contribution is -2.25. The van der Waals surface area contributed by atoms with E-state index in [0.29, 0.717) is 11.3 Å². The molecule has 2 aromatic carbocycles. The van der Waals surface area contributed by atoms with E-state index < -0.39 is 11.9 Å². The number of nitrogens with zero attached hydrogens (tertiary/aromatic N) is 1. The van der Waals surface area contributed by atoms with Gasteiger partial charge < -0.3 is 15.2 Å². The second-order valence-electron chi connectivity index (χ2n) is 6.66. The number of hydrogen-bond donors (Lipinski definition) is 1. The van der Waals surface area contributed by atoms with Gasteiger partial charge in [-0.1, -0.05) is 59.7 Å². The van der Waals surface area contributed by atoms with Crippen molar-refractivity contribution in [2.75, 3.05) is 6.61 Å². The summed E-state index contributed by atoms with van der Waals surface area (Å²) in [7, 11) is 0. The maximum Gasteiger partial charge on any atom is 0.338 e. The van der Waals surface area contributed by atoms with Crippen LogP contribution in [0.1, 0.15) is 35.1 Å². The highest BCUT2D eigenvalue weighted by molar-refractivity contribution is 5.99. The smallest absolute Gasteiger partial charge is 0.338 e. The third-order valence-corrected chi connectivity index (χ3v) is 4.64. The molecule has 0 fully saturated rings. The molecule has 28 heavy (non-hydrogen) atoms. The van der Waals surface area contributed by atoms with Gasteiger partial charge in [0.15, 0.2) is 0 Å². The molecule has 1 atom stereocenters. The van der Waals surface area contributed by atoms with Crippen LogP contribution in [0.15, 0.2) is 65.6 Å². The average Bonchev–Trinajstić information content (AvgIpc) is 2.68. The fourth-order valence-electron chi connectivity index (χ4n) is 3.19. The molecule has 0 spiro atoms. The summed E-state index contributed by atoms with van der Waals surface area (Å²) in [5.41, 5.74) is 10.2. The Bertz CT molecular complexity index is 994. The number of carbonyl (C=O) groups excluding carboxylic acids is 1. The van der Waals surface area contributed by atoms with Crippen molar-refractivity contribution in [1.29, 1.82) is 5.26 Å². The first-order valence-electron chi connectivity index (χ1n) is 9.08. The van der Waals surface area contributed by atoms with Crippen LogP contribution in [0.3, 0.4) is 0 Å². The van der Waals surface area contributed by atoms with Crippen molar-refractivity contribution >= 4 is 11.7 Å². The van der Waals surface area contributed by atoms with Crippen molar-refractivity contribution < 1.29 is 14.3 Å². The summed E-state index contributed by atoms with van der Waals surface area (Å²) in [6.07, 6.45) is 0. The van der Waals surface area contributed by atoms with E-state index in [1.165, 1.54) is 0 Å². The Morgan fingerprint density at radius 2 is 1.68 bits per heavy atom. The number of rotatable bonds is 4. The van der Waals surface area contributed by atoms with Crippen LogP contribution in [0.25, 0.3) is 5.76 Å². The second-order valence-corrected chi connectivity index (χ2v) is 6.66. The zero-order valence-electron chi connectivity index (χ0n) is 16.2. The molecule has 0 saturated heterocycles. The van der Waals surface area contributed by atoms with E-state index in [-0.39, 0.29) is 23.6 Å². The fourth-order valence-corrected chi connectivity index (χ4v) is 3.19. The van der Waals surface area contributed by atoms with Gasteiger partial charge in [-0.25, -0.2) is 4.79 Å². The molecule has 0 aromatic heterocycles. The van der Waals surface area contributed by atoms with Crippen molar-refractivity contribution in [2.24, 2.45) is 5.73 Å². The summed E-state index contributed by atoms with van der Waals surface area (Å²) in [4.78, 5) is 12.9. The third-order valence-electron chi connectivity index (χ3n) is 4.64. The number of hydrogen-bond acceptors (Lipinski definition) is 5. The normalized spacial score (nSPS) is 16.4. The summed E-state index contributed by atoms with van der Waals surface area (Å²) in [5, 5.41) is 9.73. The minimum absolute atomic E-state index is 0.00306. The van der Waals surface area contributed by atoms with Crippen molar-refractivity contribution in [3.05, 3.63) is 87.8 Å². The van der Waals surface area contributed by atoms with E-state index in [2.05, 4.69) is 6.07 Å². The van der Waals surface area contributed by atoms with Crippen LogP contribution in [0.2, 0.25) is 0 Å². The Labute approximate surface area is 164 Å². The lowest BCUT2D eigenvalue weighted by atomic mass is 9.81. The molecule has 2 N–H and O–H groups in total. The highest BCUT2D eigenvalue weighted by atomic mass is 16.5. The fraction of sp³-hybridized carbons (Fsp3) is 0.217. The van der Waals surface area contributed by atoms with E-state index in [1.807, 2.05) is 62.4 Å². The number of nitrogens with two attached hydrogens (primary N) is 1. The lowest BCUT2D eigenvalue weighted by molar-refractivity contribution is -0.138. The Hall–Kier alpha value is -3.52. The largest absolute Gasteiger partial charge is 0.463 e. The van der Waals surface area contributed by atoms with Crippen molar-refractivity contribution in [3.63, 3.8) is 0 Å². The van der Waals surface area contributed by atoms with Gasteiger partial charge in [0.25, 0.3) is 0 Å². The minimum atomic E-state index is -0.658. The molecule has 5 nitrogen and oxygen atoms in total. The van der Waals surface area contributed by atoms with Crippen LogP contribution in [-0.2, 0) is 14.3 Å². The molecule has 1 heterocycles. The van der Waals surface area contributed by atoms with Crippen LogP contribution in [0.4, 0.5) is 0 Å². The summed E-state index contributed by atoms with van der Waals surface area (Å²) in [5.74, 6) is -0.865. The predicted molar refractivity (Wildman–Crippen MR) is 107 cm³/mol. The van der Waals surface area contributed by atoms with E-state index in [4.69, 9.17) is 15.2 Å². The molecule has 3 rings (SSSR count). The number of carbonyl (C=O) groups is 1. The van der Waals surface area contributed by atoms with Gasteiger partial charge in [-0.3, -0.25) is 0 Å². The molecule has 0 saturated carbocycles. The quantitative estimate of drug-likeness (QED) is 0.815. The van der Waals surface area contributed by atoms with Crippen LogP contribution >= 0.6 is 0 Å². The molecule has 0 amide bonds. The van der Waals surface area contributed by atoms with E-state index in [1.54, 1.807) is 6.92 Å². The first-order chi connectivity index (χ1) is 13.5. The maximum absolute atomic E-state index is 12.9. The summed E-state index contributed by atoms with van der Waals surface area (Å²) >= 11 is 0. The molecule has 0 aliphatic carbocycles. The molecule has 1 aliphatic heterocycles. The Morgan fingerprint density at radius 1 is 1.11 bits per heavy atom. The topological polar surface area (TPSA) is 85.3 Å². The van der Waals surface area contributed by atoms with Crippen molar-refractivity contribution in [3.8, 4) is 6.07 Å². The molecule has 1 aliphatic rings. The van der Waals surface area contributed by atoms with Gasteiger partial charge in [0.2, 0.25) is 5.88 Å². The number of esters is 1. The zero-order valence-corrected chi connectivity index (χ0v) is 16.2. The second kappa shape index (κ2) is 8.01. The number of nitriles is 1. The molecule has 142 valence electrons. The van der Waals surface area contributed by atoms with Crippen LogP contribution in [0.5, 0.6) is 0 Å². The SMILES string of the molecule is CCOC(=O)C1=C(c2ccc(C)cc2)OC(N)=C(C#N)[C@@H]1c1ccc(C)cc1. The predicted octanol–water partition coefficient (Wildman–Crippen LogP) is 4.09. The van der Waals surface area contributed by atoms with Gasteiger partial charge in [0.05, 0.1) is 18.1 Å². The van der Waals surface area contributed by atoms with Gasteiger partial charge in [-0.05, 0) is 26.3 Å². The van der Waals surface area contributed by atoms with Crippen LogP contribution < -0.4 is 5.73 Å². The Balaban J connectivity index is 2.26. The summed E-state index contributed by atoms with van der Waals surface area (Å²) in [6, 6.07) is 17.3. The number of benzene rings is 2. The first-order valence-corrected chi connectivity index (χ1v) is 9.08. The van der Waals surface area contributed by atoms with Crippen molar-refractivity contribution in [2.45, 2.75) is 26.7 Å². The molecule has 0 radical (unpaired) electrons. The number of allylic oxidation sites excluding steroid dienone is 1. The van der Waals surface area contributed by atoms with Gasteiger partial charge in [0, 0.05) is 5.56 Å². The van der Waals surface area contributed by atoms with E-state index in [9.17, 15) is 10.1 Å². The monoisotopic (exact) mass is 374 g/mol. The maximum atomic E-state index is 12.9. The summed E-state index contributed by atoms with van der Waals surface area (Å²) < 4.78 is 11.1. The van der Waals surface area contributed by atoms with Gasteiger partial charge in [-0.15, -0.1) is 0 Å².